The molecule has 0 aliphatic carbocycles. The zero-order valence-corrected chi connectivity index (χ0v) is 16.0. The lowest BCUT2D eigenvalue weighted by Crippen LogP contribution is -1.97. The summed E-state index contributed by atoms with van der Waals surface area (Å²) in [5.41, 5.74) is 4.36. The monoisotopic (exact) mass is 384 g/mol. The zero-order chi connectivity index (χ0) is 20.1. The van der Waals surface area contributed by atoms with Crippen LogP contribution in [0.1, 0.15) is 15.9 Å². The van der Waals surface area contributed by atoms with E-state index in [1.807, 2.05) is 66.9 Å². The van der Waals surface area contributed by atoms with Crippen LogP contribution in [0.3, 0.4) is 0 Å². The fraction of sp³-hybridized carbons (Fsp3) is 0.0833. The van der Waals surface area contributed by atoms with Crippen molar-refractivity contribution >= 4 is 6.29 Å². The van der Waals surface area contributed by atoms with E-state index in [0.29, 0.717) is 23.7 Å². The minimum absolute atomic E-state index is 0.472. The van der Waals surface area contributed by atoms with Crippen LogP contribution in [0.5, 0.6) is 11.5 Å². The van der Waals surface area contributed by atoms with Crippen LogP contribution in [0.15, 0.2) is 79.0 Å². The molecule has 0 amide bonds. The summed E-state index contributed by atoms with van der Waals surface area (Å²) in [6.45, 7) is 0.472. The molecule has 0 bridgehead atoms. The summed E-state index contributed by atoms with van der Waals surface area (Å²) in [5, 5.41) is 0. The Hall–Kier alpha value is -3.86. The first-order chi connectivity index (χ1) is 14.3. The van der Waals surface area contributed by atoms with Gasteiger partial charge in [0.25, 0.3) is 0 Å². The number of benzene rings is 3. The lowest BCUT2D eigenvalue weighted by atomic mass is 10.1. The van der Waals surface area contributed by atoms with Gasteiger partial charge in [-0.15, -0.1) is 0 Å². The minimum atomic E-state index is 0.472. The molecule has 1 heterocycles. The number of aromatic nitrogens is 2. The van der Waals surface area contributed by atoms with Gasteiger partial charge in [0.2, 0.25) is 0 Å². The molecule has 4 rings (SSSR count). The maximum absolute atomic E-state index is 10.8. The topological polar surface area (TPSA) is 64.2 Å². The van der Waals surface area contributed by atoms with Crippen LogP contribution in [-0.2, 0) is 6.61 Å². The average molecular weight is 384 g/mol. The summed E-state index contributed by atoms with van der Waals surface area (Å²) in [4.78, 5) is 18.7. The average Bonchev–Trinajstić information content (AvgIpc) is 3.28. The summed E-state index contributed by atoms with van der Waals surface area (Å²) in [6, 6.07) is 23.0. The van der Waals surface area contributed by atoms with Gasteiger partial charge in [-0.2, -0.15) is 0 Å². The quantitative estimate of drug-likeness (QED) is 0.448. The number of nitrogens with zero attached hydrogens (tertiary/aromatic N) is 1. The second-order valence-electron chi connectivity index (χ2n) is 6.51. The molecule has 0 spiro atoms. The SMILES string of the molecule is COc1cc(-c2c[nH]c(-c3ccc(C=O)cc3)n2)ccc1OCc1ccccc1. The van der Waals surface area contributed by atoms with Gasteiger partial charge in [-0.1, -0.05) is 54.6 Å². The van der Waals surface area contributed by atoms with Crippen molar-refractivity contribution in [3.8, 4) is 34.1 Å². The lowest BCUT2D eigenvalue weighted by molar-refractivity contribution is 0.112. The first-order valence-electron chi connectivity index (χ1n) is 9.23. The van der Waals surface area contributed by atoms with Crippen molar-refractivity contribution in [2.75, 3.05) is 7.11 Å². The number of aldehydes is 1. The highest BCUT2D eigenvalue weighted by Gasteiger charge is 2.11. The molecule has 1 aromatic heterocycles. The van der Waals surface area contributed by atoms with Gasteiger partial charge in [0.05, 0.1) is 12.8 Å². The molecule has 0 atom stereocenters. The molecule has 1 N–H and O–H groups in total. The van der Waals surface area contributed by atoms with Crippen molar-refractivity contribution in [3.63, 3.8) is 0 Å². The van der Waals surface area contributed by atoms with E-state index in [1.165, 1.54) is 0 Å². The molecular formula is C24H20N2O3. The fourth-order valence-corrected chi connectivity index (χ4v) is 3.02. The molecule has 4 aromatic rings. The van der Waals surface area contributed by atoms with Crippen molar-refractivity contribution in [2.24, 2.45) is 0 Å². The number of hydrogen-bond donors (Lipinski definition) is 1. The third kappa shape index (κ3) is 4.19. The molecule has 0 saturated carbocycles. The maximum atomic E-state index is 10.8. The molecule has 0 unspecified atom stereocenters. The minimum Gasteiger partial charge on any atom is -0.493 e. The van der Waals surface area contributed by atoms with Crippen LogP contribution < -0.4 is 9.47 Å². The lowest BCUT2D eigenvalue weighted by Gasteiger charge is -2.11. The highest BCUT2D eigenvalue weighted by molar-refractivity contribution is 5.76. The van der Waals surface area contributed by atoms with E-state index in [9.17, 15) is 4.79 Å². The molecule has 5 heteroatoms. The van der Waals surface area contributed by atoms with Crippen LogP contribution in [0.4, 0.5) is 0 Å². The van der Waals surface area contributed by atoms with E-state index in [4.69, 9.17) is 9.47 Å². The van der Waals surface area contributed by atoms with Gasteiger partial charge in [-0.05, 0) is 23.8 Å². The van der Waals surface area contributed by atoms with Crippen LogP contribution in [-0.4, -0.2) is 23.4 Å². The second-order valence-corrected chi connectivity index (χ2v) is 6.51. The van der Waals surface area contributed by atoms with Gasteiger partial charge in [0.1, 0.15) is 18.7 Å². The molecule has 0 saturated heterocycles. The van der Waals surface area contributed by atoms with Crippen molar-refractivity contribution in [2.45, 2.75) is 6.61 Å². The third-order valence-corrected chi connectivity index (χ3v) is 4.59. The van der Waals surface area contributed by atoms with Crippen molar-refractivity contribution in [1.29, 1.82) is 0 Å². The highest BCUT2D eigenvalue weighted by Crippen LogP contribution is 2.33. The Labute approximate surface area is 169 Å². The molecule has 5 nitrogen and oxygen atoms in total. The summed E-state index contributed by atoms with van der Waals surface area (Å²) >= 11 is 0. The molecule has 0 fully saturated rings. The Morgan fingerprint density at radius 3 is 2.41 bits per heavy atom. The molecule has 3 aromatic carbocycles. The van der Waals surface area contributed by atoms with E-state index >= 15 is 0 Å². The molecular weight excluding hydrogens is 364 g/mol. The Morgan fingerprint density at radius 2 is 1.69 bits per heavy atom. The van der Waals surface area contributed by atoms with Crippen LogP contribution in [0.2, 0.25) is 0 Å². The third-order valence-electron chi connectivity index (χ3n) is 4.59. The van der Waals surface area contributed by atoms with Gasteiger partial charge < -0.3 is 14.5 Å². The van der Waals surface area contributed by atoms with Crippen molar-refractivity contribution < 1.29 is 14.3 Å². The van der Waals surface area contributed by atoms with E-state index in [2.05, 4.69) is 9.97 Å². The van der Waals surface area contributed by atoms with Gasteiger partial charge in [-0.3, -0.25) is 4.79 Å². The standard InChI is InChI=1S/C24H20N2O3/c1-28-23-13-20(11-12-22(23)29-16-18-5-3-2-4-6-18)21-14-25-24(26-21)19-9-7-17(15-27)8-10-19/h2-15H,16H2,1H3,(H,25,26). The molecule has 0 aliphatic heterocycles. The van der Waals surface area contributed by atoms with Gasteiger partial charge >= 0.3 is 0 Å². The molecule has 29 heavy (non-hydrogen) atoms. The van der Waals surface area contributed by atoms with Crippen molar-refractivity contribution in [1.82, 2.24) is 9.97 Å². The predicted molar refractivity (Wildman–Crippen MR) is 112 cm³/mol. The van der Waals surface area contributed by atoms with Crippen molar-refractivity contribution in [3.05, 3.63) is 90.1 Å². The molecule has 0 aliphatic rings. The Kier molecular flexibility index (Phi) is 5.38. The number of aromatic amines is 1. The number of H-pyrrole nitrogens is 1. The van der Waals surface area contributed by atoms with Gasteiger partial charge in [-0.25, -0.2) is 4.98 Å². The summed E-state index contributed by atoms with van der Waals surface area (Å²) in [7, 11) is 1.62. The fourth-order valence-electron chi connectivity index (χ4n) is 3.02. The molecule has 144 valence electrons. The molecule has 0 radical (unpaired) electrons. The summed E-state index contributed by atoms with van der Waals surface area (Å²) in [5.74, 6) is 2.07. The number of ether oxygens (including phenoxy) is 2. The highest BCUT2D eigenvalue weighted by atomic mass is 16.5. The smallest absolute Gasteiger partial charge is 0.161 e. The predicted octanol–water partition coefficient (Wildman–Crippen LogP) is 5.14. The number of rotatable bonds is 7. The van der Waals surface area contributed by atoms with Gasteiger partial charge in [0.15, 0.2) is 11.5 Å². The van der Waals surface area contributed by atoms with Gasteiger partial charge in [0, 0.05) is 22.9 Å². The Balaban J connectivity index is 1.54. The number of hydrogen-bond acceptors (Lipinski definition) is 4. The van der Waals surface area contributed by atoms with E-state index in [0.717, 1.165) is 34.5 Å². The number of carbonyl (C=O) groups excluding carboxylic acids is 1. The van der Waals surface area contributed by atoms with E-state index in [1.54, 1.807) is 19.2 Å². The summed E-state index contributed by atoms with van der Waals surface area (Å²) in [6.07, 6.45) is 2.67. The first-order valence-corrected chi connectivity index (χ1v) is 9.23. The largest absolute Gasteiger partial charge is 0.493 e. The van der Waals surface area contributed by atoms with Crippen LogP contribution >= 0.6 is 0 Å². The number of imidazole rings is 1. The first kappa shape index (κ1) is 18.5. The van der Waals surface area contributed by atoms with Crippen LogP contribution in [0.25, 0.3) is 22.6 Å². The normalized spacial score (nSPS) is 10.5. The maximum Gasteiger partial charge on any atom is 0.161 e. The number of methoxy groups -OCH3 is 1. The second kappa shape index (κ2) is 8.44. The Bertz CT molecular complexity index is 1100. The zero-order valence-electron chi connectivity index (χ0n) is 16.0. The van der Waals surface area contributed by atoms with E-state index in [-0.39, 0.29) is 0 Å². The Morgan fingerprint density at radius 1 is 0.931 bits per heavy atom. The number of carbonyl (C=O) groups is 1. The summed E-state index contributed by atoms with van der Waals surface area (Å²) < 4.78 is 11.4. The van der Waals surface area contributed by atoms with Crippen LogP contribution in [0, 0.1) is 0 Å². The number of nitrogens with one attached hydrogen (secondary N) is 1. The van der Waals surface area contributed by atoms with E-state index < -0.39 is 0 Å².